The number of nitrogens with zero attached hydrogens (tertiary/aromatic N) is 4. The third-order valence-corrected chi connectivity index (χ3v) is 6.18. The van der Waals surface area contributed by atoms with Crippen LogP contribution in [0.5, 0.6) is 0 Å². The molecule has 0 amide bonds. The van der Waals surface area contributed by atoms with Crippen LogP contribution in [0.15, 0.2) is 102 Å². The largest absolute Gasteiger partial charge is 0.348 e. The van der Waals surface area contributed by atoms with Gasteiger partial charge in [0, 0.05) is 22.8 Å². The molecule has 6 aromatic rings. The number of aromatic nitrogens is 5. The van der Waals surface area contributed by atoms with E-state index in [4.69, 9.17) is 11.6 Å². The Morgan fingerprint density at radius 1 is 0.909 bits per heavy atom. The van der Waals surface area contributed by atoms with Crippen LogP contribution in [0.1, 0.15) is 17.2 Å². The number of pyridine rings is 1. The van der Waals surface area contributed by atoms with Crippen LogP contribution in [0.3, 0.4) is 0 Å². The highest BCUT2D eigenvalue weighted by Gasteiger charge is 2.19. The van der Waals surface area contributed by atoms with E-state index in [-0.39, 0.29) is 11.7 Å². The van der Waals surface area contributed by atoms with E-state index in [9.17, 15) is 4.79 Å². The van der Waals surface area contributed by atoms with Crippen molar-refractivity contribution in [2.24, 2.45) is 0 Å². The molecule has 0 saturated heterocycles. The molecule has 3 aromatic carbocycles. The Hall–Kier alpha value is -4.16. The van der Waals surface area contributed by atoms with Gasteiger partial charge in [0.05, 0.1) is 17.9 Å². The Morgan fingerprint density at radius 2 is 1.70 bits per heavy atom. The van der Waals surface area contributed by atoms with E-state index in [1.54, 1.807) is 10.6 Å². The third kappa shape index (κ3) is 3.32. The van der Waals surface area contributed by atoms with E-state index < -0.39 is 0 Å². The second-order valence-corrected chi connectivity index (χ2v) is 8.32. The summed E-state index contributed by atoms with van der Waals surface area (Å²) in [5, 5.41) is 8.44. The van der Waals surface area contributed by atoms with Crippen LogP contribution < -0.4 is 5.69 Å². The summed E-state index contributed by atoms with van der Waals surface area (Å²) in [4.78, 5) is 16.8. The highest BCUT2D eigenvalue weighted by Crippen LogP contribution is 2.34. The van der Waals surface area contributed by atoms with Gasteiger partial charge < -0.3 is 4.57 Å². The number of hydrogen-bond donors (Lipinski definition) is 1. The SMILES string of the molecule is O=c1[nH]nc2cc(-c3ccccc3)c3cc(C(c4ccc(Cl)cc4)n4ccnc4)ccc3n12. The van der Waals surface area contributed by atoms with Gasteiger partial charge in [-0.3, -0.25) is 0 Å². The topological polar surface area (TPSA) is 68.0 Å². The summed E-state index contributed by atoms with van der Waals surface area (Å²) < 4.78 is 3.68. The van der Waals surface area contributed by atoms with E-state index in [0.717, 1.165) is 33.2 Å². The monoisotopic (exact) mass is 451 g/mol. The number of imidazole rings is 1. The van der Waals surface area contributed by atoms with Crippen molar-refractivity contribution >= 4 is 28.2 Å². The molecular formula is C26H18ClN5O. The van der Waals surface area contributed by atoms with Crippen LogP contribution in [0.4, 0.5) is 0 Å². The van der Waals surface area contributed by atoms with Crippen LogP contribution in [0.2, 0.25) is 5.02 Å². The van der Waals surface area contributed by atoms with Crippen molar-refractivity contribution in [3.05, 3.63) is 124 Å². The molecule has 3 heterocycles. The number of halogens is 1. The first-order valence-corrected chi connectivity index (χ1v) is 10.9. The van der Waals surface area contributed by atoms with Gasteiger partial charge in [0.2, 0.25) is 0 Å². The fourth-order valence-corrected chi connectivity index (χ4v) is 4.57. The van der Waals surface area contributed by atoms with E-state index >= 15 is 0 Å². The van der Waals surface area contributed by atoms with Gasteiger partial charge in [0.15, 0.2) is 5.65 Å². The molecule has 0 fully saturated rings. The lowest BCUT2D eigenvalue weighted by Gasteiger charge is -2.21. The first kappa shape index (κ1) is 19.5. The molecular weight excluding hydrogens is 434 g/mol. The second kappa shape index (κ2) is 7.76. The Morgan fingerprint density at radius 3 is 2.45 bits per heavy atom. The van der Waals surface area contributed by atoms with Crippen molar-refractivity contribution in [3.63, 3.8) is 0 Å². The number of aromatic amines is 1. The molecule has 33 heavy (non-hydrogen) atoms. The van der Waals surface area contributed by atoms with Gasteiger partial charge in [0.25, 0.3) is 0 Å². The van der Waals surface area contributed by atoms with Crippen LogP contribution in [-0.2, 0) is 0 Å². The maximum Gasteiger partial charge on any atom is 0.348 e. The van der Waals surface area contributed by atoms with Crippen molar-refractivity contribution in [2.45, 2.75) is 6.04 Å². The van der Waals surface area contributed by atoms with Gasteiger partial charge in [-0.05, 0) is 52.6 Å². The number of nitrogens with one attached hydrogen (secondary N) is 1. The Kier molecular flexibility index (Phi) is 4.59. The molecule has 1 N–H and O–H groups in total. The number of benzene rings is 3. The standard InChI is InChI=1S/C26H18ClN5O/c27-20-9-6-18(7-10-20)25(31-13-12-28-16-31)19-8-11-23-22(14-19)21(17-4-2-1-3-5-17)15-24-29-30-26(33)32(23)24/h1-16,25H,(H,30,33). The van der Waals surface area contributed by atoms with Crippen LogP contribution in [0.25, 0.3) is 27.7 Å². The average Bonchev–Trinajstić information content (AvgIpc) is 3.51. The summed E-state index contributed by atoms with van der Waals surface area (Å²) in [5.41, 5.74) is 5.35. The molecule has 0 aliphatic carbocycles. The van der Waals surface area contributed by atoms with E-state index in [0.29, 0.717) is 10.7 Å². The molecule has 3 aromatic heterocycles. The zero-order valence-electron chi connectivity index (χ0n) is 17.4. The quantitative estimate of drug-likeness (QED) is 0.394. The molecule has 0 radical (unpaired) electrons. The summed E-state index contributed by atoms with van der Waals surface area (Å²) in [5.74, 6) is 0. The van der Waals surface area contributed by atoms with Gasteiger partial charge >= 0.3 is 5.69 Å². The first-order valence-electron chi connectivity index (χ1n) is 10.5. The minimum absolute atomic E-state index is 0.102. The zero-order valence-corrected chi connectivity index (χ0v) is 18.1. The van der Waals surface area contributed by atoms with Crippen molar-refractivity contribution < 1.29 is 0 Å². The maximum atomic E-state index is 12.5. The summed E-state index contributed by atoms with van der Waals surface area (Å²) >= 11 is 6.15. The van der Waals surface area contributed by atoms with Gasteiger partial charge in [-0.15, -0.1) is 0 Å². The molecule has 1 unspecified atom stereocenters. The number of H-pyrrole nitrogens is 1. The predicted octanol–water partition coefficient (Wildman–Crippen LogP) is 5.33. The van der Waals surface area contributed by atoms with Crippen molar-refractivity contribution in [2.75, 3.05) is 0 Å². The first-order chi connectivity index (χ1) is 16.2. The van der Waals surface area contributed by atoms with Gasteiger partial charge in [-0.1, -0.05) is 60.1 Å². The lowest BCUT2D eigenvalue weighted by molar-refractivity contribution is 0.677. The molecule has 1 atom stereocenters. The summed E-state index contributed by atoms with van der Waals surface area (Å²) in [6.07, 6.45) is 5.53. The fraction of sp³-hybridized carbons (Fsp3) is 0.0385. The molecule has 6 rings (SSSR count). The summed E-state index contributed by atoms with van der Waals surface area (Å²) in [6, 6.07) is 26.0. The average molecular weight is 452 g/mol. The molecule has 7 heteroatoms. The normalized spacial score (nSPS) is 12.4. The number of rotatable bonds is 4. The number of hydrogen-bond acceptors (Lipinski definition) is 3. The van der Waals surface area contributed by atoms with E-state index in [2.05, 4.69) is 44.0 Å². The summed E-state index contributed by atoms with van der Waals surface area (Å²) in [7, 11) is 0. The Balaban J connectivity index is 1.65. The molecule has 0 aliphatic heterocycles. The molecule has 0 spiro atoms. The lowest BCUT2D eigenvalue weighted by Crippen LogP contribution is -2.12. The van der Waals surface area contributed by atoms with Crippen LogP contribution in [0, 0.1) is 0 Å². The van der Waals surface area contributed by atoms with Crippen LogP contribution in [-0.4, -0.2) is 24.1 Å². The predicted molar refractivity (Wildman–Crippen MR) is 130 cm³/mol. The minimum Gasteiger partial charge on any atom is -0.326 e. The minimum atomic E-state index is -0.258. The molecule has 160 valence electrons. The summed E-state index contributed by atoms with van der Waals surface area (Å²) in [6.45, 7) is 0. The third-order valence-electron chi connectivity index (χ3n) is 5.93. The van der Waals surface area contributed by atoms with Gasteiger partial charge in [-0.25, -0.2) is 19.3 Å². The maximum absolute atomic E-state index is 12.5. The highest BCUT2D eigenvalue weighted by molar-refractivity contribution is 6.30. The molecule has 0 saturated carbocycles. The Labute approximate surface area is 193 Å². The molecule has 0 bridgehead atoms. The van der Waals surface area contributed by atoms with Gasteiger partial charge in [-0.2, -0.15) is 5.10 Å². The number of fused-ring (bicyclic) bond motifs is 3. The smallest absolute Gasteiger partial charge is 0.326 e. The lowest BCUT2D eigenvalue weighted by atomic mass is 9.94. The Bertz CT molecular complexity index is 1630. The van der Waals surface area contributed by atoms with Crippen molar-refractivity contribution in [1.29, 1.82) is 0 Å². The van der Waals surface area contributed by atoms with Gasteiger partial charge in [0.1, 0.15) is 0 Å². The van der Waals surface area contributed by atoms with E-state index in [1.165, 1.54) is 0 Å². The second-order valence-electron chi connectivity index (χ2n) is 7.89. The van der Waals surface area contributed by atoms with Crippen molar-refractivity contribution in [3.8, 4) is 11.1 Å². The molecule has 0 aliphatic rings. The van der Waals surface area contributed by atoms with Crippen molar-refractivity contribution in [1.82, 2.24) is 24.1 Å². The zero-order chi connectivity index (χ0) is 22.4. The van der Waals surface area contributed by atoms with E-state index in [1.807, 2.05) is 67.1 Å². The van der Waals surface area contributed by atoms with Crippen LogP contribution >= 0.6 is 11.6 Å². The fourth-order valence-electron chi connectivity index (χ4n) is 4.44. The highest BCUT2D eigenvalue weighted by atomic mass is 35.5. The molecule has 6 nitrogen and oxygen atoms in total.